The maximum Gasteiger partial charge on any atom is 0.269 e. The lowest BCUT2D eigenvalue weighted by Gasteiger charge is -2.26. The van der Waals surface area contributed by atoms with Crippen molar-refractivity contribution in [3.05, 3.63) is 65.2 Å². The van der Waals surface area contributed by atoms with Gasteiger partial charge in [0.15, 0.2) is 0 Å². The van der Waals surface area contributed by atoms with E-state index in [1.165, 1.54) is 0 Å². The van der Waals surface area contributed by atoms with Crippen LogP contribution >= 0.6 is 0 Å². The third kappa shape index (κ3) is 5.17. The molecule has 8 heteroatoms. The van der Waals surface area contributed by atoms with Crippen molar-refractivity contribution in [1.82, 2.24) is 15.2 Å². The highest BCUT2D eigenvalue weighted by atomic mass is 32.2. The third-order valence-electron chi connectivity index (χ3n) is 4.16. The zero-order valence-corrected chi connectivity index (χ0v) is 17.2. The van der Waals surface area contributed by atoms with E-state index in [1.807, 2.05) is 13.0 Å². The second-order valence-corrected chi connectivity index (χ2v) is 8.64. The minimum Gasteiger partial charge on any atom is -0.272 e. The summed E-state index contributed by atoms with van der Waals surface area (Å²) >= 11 is 0. The standard InChI is InChI=1S/C20H25N3O4S/c1-14(2)23(28(26,27)18-12-15(3)10-11-16(18)4)13-19(24)21-22-20(25)17-8-6-5-7-9-17/h5-12,14H,13H2,1-4H3,(H,21,24)(H,22,25). The Kier molecular flexibility index (Phi) is 6.93. The molecule has 2 amide bonds. The highest BCUT2D eigenvalue weighted by Crippen LogP contribution is 2.22. The molecule has 0 bridgehead atoms. The van der Waals surface area contributed by atoms with Crippen LogP contribution in [0.1, 0.15) is 35.3 Å². The fourth-order valence-electron chi connectivity index (χ4n) is 2.63. The highest BCUT2D eigenvalue weighted by molar-refractivity contribution is 7.89. The van der Waals surface area contributed by atoms with E-state index in [1.54, 1.807) is 63.2 Å². The predicted octanol–water partition coefficient (Wildman–Crippen LogP) is 2.16. The predicted molar refractivity (Wildman–Crippen MR) is 107 cm³/mol. The molecule has 2 aromatic carbocycles. The van der Waals surface area contributed by atoms with E-state index in [4.69, 9.17) is 0 Å². The number of nitrogens with zero attached hydrogens (tertiary/aromatic N) is 1. The van der Waals surface area contributed by atoms with Crippen molar-refractivity contribution in [1.29, 1.82) is 0 Å². The van der Waals surface area contributed by atoms with Crippen molar-refractivity contribution in [2.24, 2.45) is 0 Å². The molecule has 7 nitrogen and oxygen atoms in total. The Balaban J connectivity index is 2.12. The van der Waals surface area contributed by atoms with Crippen molar-refractivity contribution >= 4 is 21.8 Å². The molecule has 2 rings (SSSR count). The smallest absolute Gasteiger partial charge is 0.269 e. The maximum atomic E-state index is 13.1. The summed E-state index contributed by atoms with van der Waals surface area (Å²) in [6.45, 7) is 6.49. The fraction of sp³-hybridized carbons (Fsp3) is 0.300. The van der Waals surface area contributed by atoms with Crippen LogP contribution in [0.3, 0.4) is 0 Å². The molecule has 0 aliphatic rings. The summed E-state index contributed by atoms with van der Waals surface area (Å²) in [4.78, 5) is 24.5. The molecule has 0 aliphatic heterocycles. The van der Waals surface area contributed by atoms with Crippen molar-refractivity contribution < 1.29 is 18.0 Å². The lowest BCUT2D eigenvalue weighted by Crippen LogP contribution is -2.49. The zero-order chi connectivity index (χ0) is 20.9. The molecular formula is C20H25N3O4S. The van der Waals surface area contributed by atoms with Crippen LogP contribution in [0.15, 0.2) is 53.4 Å². The van der Waals surface area contributed by atoms with Gasteiger partial charge in [0.2, 0.25) is 10.0 Å². The molecule has 2 N–H and O–H groups in total. The Morgan fingerprint density at radius 2 is 1.64 bits per heavy atom. The molecule has 2 aromatic rings. The van der Waals surface area contributed by atoms with Gasteiger partial charge in [-0.15, -0.1) is 0 Å². The van der Waals surface area contributed by atoms with Crippen LogP contribution in [-0.4, -0.2) is 37.1 Å². The molecule has 0 aliphatic carbocycles. The van der Waals surface area contributed by atoms with Gasteiger partial charge < -0.3 is 0 Å². The molecule has 0 aromatic heterocycles. The average Bonchev–Trinajstić information content (AvgIpc) is 2.66. The minimum atomic E-state index is -3.88. The number of carbonyl (C=O) groups excluding carboxylic acids is 2. The first-order valence-corrected chi connectivity index (χ1v) is 10.3. The van der Waals surface area contributed by atoms with Crippen LogP contribution < -0.4 is 10.9 Å². The topological polar surface area (TPSA) is 95.6 Å². The Labute approximate surface area is 165 Å². The van der Waals surface area contributed by atoms with Crippen molar-refractivity contribution in [2.45, 2.75) is 38.6 Å². The zero-order valence-electron chi connectivity index (χ0n) is 16.4. The largest absolute Gasteiger partial charge is 0.272 e. The van der Waals surface area contributed by atoms with Gasteiger partial charge in [-0.2, -0.15) is 4.31 Å². The number of aryl methyl sites for hydroxylation is 2. The van der Waals surface area contributed by atoms with Crippen LogP contribution in [0.4, 0.5) is 0 Å². The summed E-state index contributed by atoms with van der Waals surface area (Å²) in [5.74, 6) is -1.12. The molecule has 0 fully saturated rings. The number of benzene rings is 2. The summed E-state index contributed by atoms with van der Waals surface area (Å²) in [5, 5.41) is 0. The lowest BCUT2D eigenvalue weighted by atomic mass is 10.2. The summed E-state index contributed by atoms with van der Waals surface area (Å²) in [6, 6.07) is 13.1. The molecule has 28 heavy (non-hydrogen) atoms. The van der Waals surface area contributed by atoms with Gasteiger partial charge in [-0.3, -0.25) is 20.4 Å². The van der Waals surface area contributed by atoms with Gasteiger partial charge in [0, 0.05) is 11.6 Å². The van der Waals surface area contributed by atoms with Crippen LogP contribution in [-0.2, 0) is 14.8 Å². The number of carbonyl (C=O) groups is 2. The monoisotopic (exact) mass is 403 g/mol. The van der Waals surface area contributed by atoms with E-state index in [9.17, 15) is 18.0 Å². The molecule has 0 unspecified atom stereocenters. The van der Waals surface area contributed by atoms with Crippen molar-refractivity contribution in [3.8, 4) is 0 Å². The van der Waals surface area contributed by atoms with Gasteiger partial charge in [-0.1, -0.05) is 30.3 Å². The van der Waals surface area contributed by atoms with Crippen LogP contribution in [0, 0.1) is 13.8 Å². The van der Waals surface area contributed by atoms with Crippen LogP contribution in [0.25, 0.3) is 0 Å². The Bertz CT molecular complexity index is 957. The molecular weight excluding hydrogens is 378 g/mol. The first-order chi connectivity index (χ1) is 13.1. The number of hydrogen-bond acceptors (Lipinski definition) is 4. The molecule has 0 atom stereocenters. The SMILES string of the molecule is Cc1ccc(C)c(S(=O)(=O)N(CC(=O)NNC(=O)c2ccccc2)C(C)C)c1. The molecule has 0 saturated carbocycles. The lowest BCUT2D eigenvalue weighted by molar-refractivity contribution is -0.122. The van der Waals surface area contributed by atoms with Gasteiger partial charge in [-0.05, 0) is 57.0 Å². The van der Waals surface area contributed by atoms with E-state index in [2.05, 4.69) is 10.9 Å². The summed E-state index contributed by atoms with van der Waals surface area (Å²) in [6.07, 6.45) is 0. The van der Waals surface area contributed by atoms with Gasteiger partial charge in [-0.25, -0.2) is 8.42 Å². The first kappa shape index (κ1) is 21.6. The average molecular weight is 404 g/mol. The minimum absolute atomic E-state index is 0.169. The van der Waals surface area contributed by atoms with Gasteiger partial charge in [0.25, 0.3) is 11.8 Å². The third-order valence-corrected chi connectivity index (χ3v) is 6.32. The van der Waals surface area contributed by atoms with E-state index in [-0.39, 0.29) is 4.90 Å². The molecule has 0 heterocycles. The Hall–Kier alpha value is -2.71. The van der Waals surface area contributed by atoms with Gasteiger partial charge in [0.1, 0.15) is 0 Å². The Morgan fingerprint density at radius 1 is 1.00 bits per heavy atom. The van der Waals surface area contributed by atoms with Crippen molar-refractivity contribution in [3.63, 3.8) is 0 Å². The molecule has 0 saturated heterocycles. The molecule has 0 radical (unpaired) electrons. The normalized spacial score (nSPS) is 11.5. The second-order valence-electron chi connectivity index (χ2n) is 6.78. The summed E-state index contributed by atoms with van der Waals surface area (Å²) in [7, 11) is -3.88. The second kappa shape index (κ2) is 8.99. The molecule has 150 valence electrons. The fourth-order valence-corrected chi connectivity index (χ4v) is 4.53. The number of rotatable bonds is 6. The number of nitrogens with one attached hydrogen (secondary N) is 2. The highest BCUT2D eigenvalue weighted by Gasteiger charge is 2.30. The number of hydrazine groups is 1. The maximum absolute atomic E-state index is 13.1. The van der Waals surface area contributed by atoms with Gasteiger partial charge >= 0.3 is 0 Å². The quantitative estimate of drug-likeness (QED) is 0.723. The summed E-state index contributed by atoms with van der Waals surface area (Å²) < 4.78 is 27.3. The summed E-state index contributed by atoms with van der Waals surface area (Å²) in [5.41, 5.74) is 6.37. The van der Waals surface area contributed by atoms with E-state index in [0.29, 0.717) is 11.1 Å². The number of sulfonamides is 1. The van der Waals surface area contributed by atoms with E-state index < -0.39 is 34.4 Å². The van der Waals surface area contributed by atoms with E-state index >= 15 is 0 Å². The van der Waals surface area contributed by atoms with Gasteiger partial charge in [0.05, 0.1) is 11.4 Å². The van der Waals surface area contributed by atoms with Crippen molar-refractivity contribution in [2.75, 3.05) is 6.54 Å². The van der Waals surface area contributed by atoms with E-state index in [0.717, 1.165) is 9.87 Å². The first-order valence-electron chi connectivity index (χ1n) is 8.86. The number of amides is 2. The van der Waals surface area contributed by atoms with Crippen LogP contribution in [0.2, 0.25) is 0 Å². The number of hydrogen-bond donors (Lipinski definition) is 2. The van der Waals surface area contributed by atoms with Crippen LogP contribution in [0.5, 0.6) is 0 Å². The molecule has 0 spiro atoms. The Morgan fingerprint density at radius 3 is 2.25 bits per heavy atom.